The molecule has 1 aliphatic rings. The number of rotatable bonds is 4. The standard InChI is InChI=1S/C15H21ClN2S/c1-2-10-3-6-12(7-4-10)18-14-8-5-11(15(17)19)9-13(14)16/h5,8-10,12,18H,2-4,6-7H2,1H3,(H2,17,19). The lowest BCUT2D eigenvalue weighted by Crippen LogP contribution is -2.26. The highest BCUT2D eigenvalue weighted by atomic mass is 35.5. The Bertz CT molecular complexity index is 453. The van der Waals surface area contributed by atoms with Crippen LogP contribution in [0.3, 0.4) is 0 Å². The van der Waals surface area contributed by atoms with Gasteiger partial charge in [0.25, 0.3) is 0 Å². The molecule has 0 aliphatic heterocycles. The summed E-state index contributed by atoms with van der Waals surface area (Å²) in [6, 6.07) is 6.27. The zero-order valence-corrected chi connectivity index (χ0v) is 12.9. The van der Waals surface area contributed by atoms with Crippen LogP contribution in [-0.2, 0) is 0 Å². The molecule has 2 rings (SSSR count). The molecule has 0 atom stereocenters. The van der Waals surface area contributed by atoms with Gasteiger partial charge in [0.2, 0.25) is 0 Å². The molecule has 19 heavy (non-hydrogen) atoms. The smallest absolute Gasteiger partial charge is 0.104 e. The summed E-state index contributed by atoms with van der Waals surface area (Å²) < 4.78 is 0. The first kappa shape index (κ1) is 14.6. The lowest BCUT2D eigenvalue weighted by Gasteiger charge is -2.29. The SMILES string of the molecule is CCC1CCC(Nc2ccc(C(N)=S)cc2Cl)CC1. The van der Waals surface area contributed by atoms with Crippen molar-refractivity contribution in [2.75, 3.05) is 5.32 Å². The quantitative estimate of drug-likeness (QED) is 0.811. The van der Waals surface area contributed by atoms with Crippen molar-refractivity contribution in [1.29, 1.82) is 0 Å². The van der Waals surface area contributed by atoms with E-state index in [1.807, 2.05) is 18.2 Å². The Hall–Kier alpha value is -0.800. The van der Waals surface area contributed by atoms with Gasteiger partial charge >= 0.3 is 0 Å². The maximum atomic E-state index is 6.27. The topological polar surface area (TPSA) is 38.0 Å². The molecule has 0 bridgehead atoms. The summed E-state index contributed by atoms with van der Waals surface area (Å²) >= 11 is 11.2. The van der Waals surface area contributed by atoms with Crippen molar-refractivity contribution in [2.24, 2.45) is 11.7 Å². The second kappa shape index (κ2) is 6.58. The molecule has 104 valence electrons. The molecule has 4 heteroatoms. The molecule has 0 saturated heterocycles. The van der Waals surface area contributed by atoms with Gasteiger partial charge in [0.15, 0.2) is 0 Å². The summed E-state index contributed by atoms with van der Waals surface area (Å²) in [5.41, 5.74) is 7.41. The van der Waals surface area contributed by atoms with Crippen molar-refractivity contribution in [3.05, 3.63) is 28.8 Å². The van der Waals surface area contributed by atoms with Crippen LogP contribution in [0.1, 0.15) is 44.6 Å². The van der Waals surface area contributed by atoms with Gasteiger partial charge in [0.05, 0.1) is 10.7 Å². The number of benzene rings is 1. The van der Waals surface area contributed by atoms with E-state index < -0.39 is 0 Å². The van der Waals surface area contributed by atoms with Gasteiger partial charge in [-0.25, -0.2) is 0 Å². The number of hydrogen-bond acceptors (Lipinski definition) is 2. The molecule has 1 aliphatic carbocycles. The van der Waals surface area contributed by atoms with Gasteiger partial charge in [-0.2, -0.15) is 0 Å². The highest BCUT2D eigenvalue weighted by Gasteiger charge is 2.20. The molecule has 0 aromatic heterocycles. The maximum Gasteiger partial charge on any atom is 0.104 e. The summed E-state index contributed by atoms with van der Waals surface area (Å²) in [7, 11) is 0. The van der Waals surface area contributed by atoms with E-state index in [1.165, 1.54) is 32.1 Å². The van der Waals surface area contributed by atoms with Crippen LogP contribution in [0.4, 0.5) is 5.69 Å². The summed E-state index contributed by atoms with van der Waals surface area (Å²) in [6.45, 7) is 2.28. The largest absolute Gasteiger partial charge is 0.389 e. The fourth-order valence-electron chi connectivity index (χ4n) is 2.72. The van der Waals surface area contributed by atoms with Crippen LogP contribution in [0.2, 0.25) is 5.02 Å². The third-order valence-electron chi connectivity index (χ3n) is 4.04. The van der Waals surface area contributed by atoms with Crippen LogP contribution in [-0.4, -0.2) is 11.0 Å². The summed E-state index contributed by atoms with van der Waals surface area (Å²) in [5.74, 6) is 0.908. The highest BCUT2D eigenvalue weighted by molar-refractivity contribution is 7.80. The number of thiocarbonyl (C=S) groups is 1. The van der Waals surface area contributed by atoms with Crippen molar-refractivity contribution in [1.82, 2.24) is 0 Å². The van der Waals surface area contributed by atoms with Crippen molar-refractivity contribution in [2.45, 2.75) is 45.1 Å². The molecule has 1 saturated carbocycles. The predicted molar refractivity (Wildman–Crippen MR) is 87.0 cm³/mol. The van der Waals surface area contributed by atoms with Gasteiger partial charge in [-0.1, -0.05) is 37.2 Å². The Balaban J connectivity index is 1.98. The first-order valence-electron chi connectivity index (χ1n) is 6.96. The van der Waals surface area contributed by atoms with Gasteiger partial charge in [0.1, 0.15) is 4.99 Å². The first-order chi connectivity index (χ1) is 9.10. The van der Waals surface area contributed by atoms with E-state index in [0.29, 0.717) is 16.1 Å². The molecule has 1 aromatic rings. The molecule has 1 aromatic carbocycles. The molecular formula is C15H21ClN2S. The van der Waals surface area contributed by atoms with Crippen LogP contribution < -0.4 is 11.1 Å². The zero-order valence-electron chi connectivity index (χ0n) is 11.3. The van der Waals surface area contributed by atoms with Crippen LogP contribution in [0.15, 0.2) is 18.2 Å². The van der Waals surface area contributed by atoms with E-state index in [9.17, 15) is 0 Å². The Morgan fingerprint density at radius 1 is 1.37 bits per heavy atom. The molecule has 0 heterocycles. The van der Waals surface area contributed by atoms with Crippen molar-refractivity contribution < 1.29 is 0 Å². The summed E-state index contributed by atoms with van der Waals surface area (Å²) in [4.78, 5) is 0.386. The number of anilines is 1. The number of hydrogen-bond donors (Lipinski definition) is 2. The number of halogens is 1. The Morgan fingerprint density at radius 3 is 2.58 bits per heavy atom. The van der Waals surface area contributed by atoms with Gasteiger partial charge < -0.3 is 11.1 Å². The predicted octanol–water partition coefficient (Wildman–Crippen LogP) is 4.35. The third-order valence-corrected chi connectivity index (χ3v) is 4.59. The van der Waals surface area contributed by atoms with E-state index in [4.69, 9.17) is 29.6 Å². The minimum absolute atomic E-state index is 0.386. The molecule has 0 spiro atoms. The second-order valence-electron chi connectivity index (χ2n) is 5.33. The lowest BCUT2D eigenvalue weighted by atomic mass is 9.84. The molecule has 3 N–H and O–H groups in total. The molecule has 2 nitrogen and oxygen atoms in total. The fraction of sp³-hybridized carbons (Fsp3) is 0.533. The molecular weight excluding hydrogens is 276 g/mol. The van der Waals surface area contributed by atoms with E-state index in [0.717, 1.165) is 17.2 Å². The van der Waals surface area contributed by atoms with Crippen LogP contribution >= 0.6 is 23.8 Å². The summed E-state index contributed by atoms with van der Waals surface area (Å²) in [5, 5.41) is 4.24. The summed E-state index contributed by atoms with van der Waals surface area (Å²) in [6.07, 6.45) is 6.39. The van der Waals surface area contributed by atoms with Gasteiger partial charge in [-0.3, -0.25) is 0 Å². The molecule has 1 fully saturated rings. The van der Waals surface area contributed by atoms with Gasteiger partial charge in [-0.05, 0) is 49.8 Å². The molecule has 0 radical (unpaired) electrons. The molecule has 0 amide bonds. The van der Waals surface area contributed by atoms with Crippen LogP contribution in [0.25, 0.3) is 0 Å². The molecule has 0 unspecified atom stereocenters. The van der Waals surface area contributed by atoms with E-state index in [1.54, 1.807) is 0 Å². The van der Waals surface area contributed by atoms with E-state index >= 15 is 0 Å². The van der Waals surface area contributed by atoms with Gasteiger partial charge in [0, 0.05) is 11.6 Å². The third kappa shape index (κ3) is 3.83. The van der Waals surface area contributed by atoms with Crippen molar-refractivity contribution >= 4 is 34.5 Å². The Labute approximate surface area is 125 Å². The Morgan fingerprint density at radius 2 is 2.05 bits per heavy atom. The average molecular weight is 297 g/mol. The number of nitrogens with one attached hydrogen (secondary N) is 1. The van der Waals surface area contributed by atoms with Crippen molar-refractivity contribution in [3.8, 4) is 0 Å². The average Bonchev–Trinajstić information content (AvgIpc) is 2.41. The van der Waals surface area contributed by atoms with Crippen LogP contribution in [0, 0.1) is 5.92 Å². The van der Waals surface area contributed by atoms with E-state index in [2.05, 4.69) is 12.2 Å². The second-order valence-corrected chi connectivity index (χ2v) is 6.18. The van der Waals surface area contributed by atoms with Crippen molar-refractivity contribution in [3.63, 3.8) is 0 Å². The number of nitrogens with two attached hydrogens (primary N) is 1. The zero-order chi connectivity index (χ0) is 13.8. The minimum Gasteiger partial charge on any atom is -0.389 e. The van der Waals surface area contributed by atoms with Gasteiger partial charge in [-0.15, -0.1) is 0 Å². The van der Waals surface area contributed by atoms with Crippen LogP contribution in [0.5, 0.6) is 0 Å². The minimum atomic E-state index is 0.386. The lowest BCUT2D eigenvalue weighted by molar-refractivity contribution is 0.330. The highest BCUT2D eigenvalue weighted by Crippen LogP contribution is 2.30. The normalized spacial score (nSPS) is 23.1. The monoisotopic (exact) mass is 296 g/mol. The fourth-order valence-corrected chi connectivity index (χ4v) is 3.08. The van der Waals surface area contributed by atoms with E-state index in [-0.39, 0.29) is 0 Å². The Kier molecular flexibility index (Phi) is 5.06. The maximum absolute atomic E-state index is 6.27. The first-order valence-corrected chi connectivity index (χ1v) is 7.74.